The Morgan fingerprint density at radius 1 is 1.06 bits per heavy atom. The average Bonchev–Trinajstić information content (AvgIpc) is 2.42. The van der Waals surface area contributed by atoms with Crippen LogP contribution < -0.4 is 5.32 Å². The van der Waals surface area contributed by atoms with Crippen LogP contribution in [0.1, 0.15) is 37.3 Å². The lowest BCUT2D eigenvalue weighted by molar-refractivity contribution is 0.129. The Morgan fingerprint density at radius 2 is 1.72 bits per heavy atom. The number of benzene rings is 1. The largest absolute Gasteiger partial charge is 0.392 e. The van der Waals surface area contributed by atoms with Crippen LogP contribution >= 0.6 is 0 Å². The van der Waals surface area contributed by atoms with Gasteiger partial charge in [-0.25, -0.2) is 0 Å². The van der Waals surface area contributed by atoms with Crippen molar-refractivity contribution in [2.75, 3.05) is 19.8 Å². The van der Waals surface area contributed by atoms with Gasteiger partial charge in [-0.05, 0) is 30.5 Å². The molecule has 0 aliphatic carbocycles. The average molecular weight is 251 g/mol. The third-order valence-electron chi connectivity index (χ3n) is 2.82. The van der Waals surface area contributed by atoms with Crippen molar-refractivity contribution in [3.05, 3.63) is 35.4 Å². The summed E-state index contributed by atoms with van der Waals surface area (Å²) in [7, 11) is 0. The highest BCUT2D eigenvalue weighted by atomic mass is 16.5. The molecule has 0 fully saturated rings. The van der Waals surface area contributed by atoms with Gasteiger partial charge in [-0.15, -0.1) is 0 Å². The van der Waals surface area contributed by atoms with E-state index < -0.39 is 0 Å². The van der Waals surface area contributed by atoms with Crippen LogP contribution in [0.2, 0.25) is 0 Å². The van der Waals surface area contributed by atoms with Crippen molar-refractivity contribution in [2.24, 2.45) is 0 Å². The molecule has 1 aromatic rings. The minimum absolute atomic E-state index is 0.114. The molecule has 0 aliphatic rings. The predicted molar refractivity (Wildman–Crippen MR) is 74.4 cm³/mol. The SMILES string of the molecule is CCCCOCCCNCc1ccc(CO)cc1. The van der Waals surface area contributed by atoms with Gasteiger partial charge in [-0.1, -0.05) is 37.6 Å². The zero-order valence-corrected chi connectivity index (χ0v) is 11.3. The fourth-order valence-electron chi connectivity index (χ4n) is 1.64. The number of aliphatic hydroxyl groups excluding tert-OH is 1. The monoisotopic (exact) mass is 251 g/mol. The van der Waals surface area contributed by atoms with Gasteiger partial charge in [0.15, 0.2) is 0 Å². The standard InChI is InChI=1S/C15H25NO2/c1-2-3-10-18-11-4-9-16-12-14-5-7-15(13-17)8-6-14/h5-8,16-17H,2-4,9-13H2,1H3. The van der Waals surface area contributed by atoms with Crippen LogP contribution in [0.4, 0.5) is 0 Å². The molecule has 3 heteroatoms. The number of ether oxygens (including phenoxy) is 1. The molecular weight excluding hydrogens is 226 g/mol. The molecule has 0 radical (unpaired) electrons. The minimum atomic E-state index is 0.114. The van der Waals surface area contributed by atoms with Crippen LogP contribution in [0.5, 0.6) is 0 Å². The molecule has 0 heterocycles. The number of nitrogens with one attached hydrogen (secondary N) is 1. The van der Waals surface area contributed by atoms with E-state index in [4.69, 9.17) is 9.84 Å². The first-order valence-electron chi connectivity index (χ1n) is 6.84. The van der Waals surface area contributed by atoms with Gasteiger partial charge in [0.2, 0.25) is 0 Å². The molecule has 0 aliphatic heterocycles. The first-order chi connectivity index (χ1) is 8.86. The van der Waals surface area contributed by atoms with E-state index >= 15 is 0 Å². The molecule has 1 rings (SSSR count). The van der Waals surface area contributed by atoms with Crippen LogP contribution in [-0.2, 0) is 17.9 Å². The molecule has 102 valence electrons. The molecule has 0 atom stereocenters. The van der Waals surface area contributed by atoms with E-state index in [-0.39, 0.29) is 6.61 Å². The van der Waals surface area contributed by atoms with Gasteiger partial charge >= 0.3 is 0 Å². The van der Waals surface area contributed by atoms with Crippen molar-refractivity contribution >= 4 is 0 Å². The highest BCUT2D eigenvalue weighted by molar-refractivity contribution is 5.21. The second-order valence-corrected chi connectivity index (χ2v) is 4.47. The van der Waals surface area contributed by atoms with E-state index in [1.165, 1.54) is 12.0 Å². The second-order valence-electron chi connectivity index (χ2n) is 4.47. The molecule has 0 aromatic heterocycles. The van der Waals surface area contributed by atoms with Crippen molar-refractivity contribution in [1.82, 2.24) is 5.32 Å². The van der Waals surface area contributed by atoms with Gasteiger partial charge in [0.25, 0.3) is 0 Å². The summed E-state index contributed by atoms with van der Waals surface area (Å²) < 4.78 is 5.49. The molecule has 18 heavy (non-hydrogen) atoms. The highest BCUT2D eigenvalue weighted by Gasteiger charge is 1.94. The van der Waals surface area contributed by atoms with Crippen LogP contribution in [0, 0.1) is 0 Å². The topological polar surface area (TPSA) is 41.5 Å². The Bertz CT molecular complexity index is 298. The molecule has 0 saturated carbocycles. The summed E-state index contributed by atoms with van der Waals surface area (Å²) in [5.41, 5.74) is 2.21. The highest BCUT2D eigenvalue weighted by Crippen LogP contribution is 2.03. The number of hydrogen-bond donors (Lipinski definition) is 2. The number of aliphatic hydroxyl groups is 1. The lowest BCUT2D eigenvalue weighted by Gasteiger charge is -2.06. The van der Waals surface area contributed by atoms with Crippen molar-refractivity contribution in [2.45, 2.75) is 39.3 Å². The normalized spacial score (nSPS) is 10.8. The molecule has 0 spiro atoms. The molecule has 1 aromatic carbocycles. The smallest absolute Gasteiger partial charge is 0.0681 e. The maximum atomic E-state index is 8.93. The summed E-state index contributed by atoms with van der Waals surface area (Å²) in [6.45, 7) is 5.87. The molecule has 0 unspecified atom stereocenters. The van der Waals surface area contributed by atoms with Crippen molar-refractivity contribution in [1.29, 1.82) is 0 Å². The van der Waals surface area contributed by atoms with E-state index in [2.05, 4.69) is 24.4 Å². The third-order valence-corrected chi connectivity index (χ3v) is 2.82. The van der Waals surface area contributed by atoms with E-state index in [0.717, 1.165) is 44.7 Å². The third kappa shape index (κ3) is 6.74. The van der Waals surface area contributed by atoms with Gasteiger partial charge in [-0.3, -0.25) is 0 Å². The predicted octanol–water partition coefficient (Wildman–Crippen LogP) is 2.48. The quantitative estimate of drug-likeness (QED) is 0.628. The summed E-state index contributed by atoms with van der Waals surface area (Å²) in [6.07, 6.45) is 3.41. The van der Waals surface area contributed by atoms with Crippen molar-refractivity contribution in [3.8, 4) is 0 Å². The maximum Gasteiger partial charge on any atom is 0.0681 e. The Balaban J connectivity index is 2.00. The summed E-state index contributed by atoms with van der Waals surface area (Å²) >= 11 is 0. The number of rotatable bonds is 10. The molecule has 0 bridgehead atoms. The van der Waals surface area contributed by atoms with E-state index in [1.807, 2.05) is 12.1 Å². The van der Waals surface area contributed by atoms with E-state index in [9.17, 15) is 0 Å². The van der Waals surface area contributed by atoms with Crippen LogP contribution in [-0.4, -0.2) is 24.9 Å². The molecule has 0 amide bonds. The first kappa shape index (κ1) is 15.2. The summed E-state index contributed by atoms with van der Waals surface area (Å²) in [6, 6.07) is 8.03. The fraction of sp³-hybridized carbons (Fsp3) is 0.600. The molecular formula is C15H25NO2. The lowest BCUT2D eigenvalue weighted by atomic mass is 10.1. The maximum absolute atomic E-state index is 8.93. The van der Waals surface area contributed by atoms with Gasteiger partial charge < -0.3 is 15.2 Å². The van der Waals surface area contributed by atoms with Gasteiger partial charge in [0.1, 0.15) is 0 Å². The molecule has 3 nitrogen and oxygen atoms in total. The zero-order valence-electron chi connectivity index (χ0n) is 11.3. The van der Waals surface area contributed by atoms with Crippen LogP contribution in [0.15, 0.2) is 24.3 Å². The number of hydrogen-bond acceptors (Lipinski definition) is 3. The van der Waals surface area contributed by atoms with Gasteiger partial charge in [0.05, 0.1) is 6.61 Å². The van der Waals surface area contributed by atoms with Crippen molar-refractivity contribution in [3.63, 3.8) is 0 Å². The number of unbranched alkanes of at least 4 members (excludes halogenated alkanes) is 1. The summed E-state index contributed by atoms with van der Waals surface area (Å²) in [5.74, 6) is 0. The van der Waals surface area contributed by atoms with E-state index in [1.54, 1.807) is 0 Å². The zero-order chi connectivity index (χ0) is 13.1. The summed E-state index contributed by atoms with van der Waals surface area (Å²) in [4.78, 5) is 0. The Morgan fingerprint density at radius 3 is 2.39 bits per heavy atom. The minimum Gasteiger partial charge on any atom is -0.392 e. The van der Waals surface area contributed by atoms with Gasteiger partial charge in [0, 0.05) is 19.8 Å². The molecule has 0 saturated heterocycles. The Kier molecular flexibility index (Phi) is 8.47. The second kappa shape index (κ2) is 10.1. The summed E-state index contributed by atoms with van der Waals surface area (Å²) in [5, 5.41) is 12.3. The lowest BCUT2D eigenvalue weighted by Crippen LogP contribution is -2.16. The van der Waals surface area contributed by atoms with Crippen molar-refractivity contribution < 1.29 is 9.84 Å². The first-order valence-corrected chi connectivity index (χ1v) is 6.84. The van der Waals surface area contributed by atoms with Crippen LogP contribution in [0.25, 0.3) is 0 Å². The van der Waals surface area contributed by atoms with Gasteiger partial charge in [-0.2, -0.15) is 0 Å². The fourth-order valence-corrected chi connectivity index (χ4v) is 1.64. The Labute approximate surface area is 110 Å². The van der Waals surface area contributed by atoms with E-state index in [0.29, 0.717) is 0 Å². The van der Waals surface area contributed by atoms with Crippen LogP contribution in [0.3, 0.4) is 0 Å². The Hall–Kier alpha value is -0.900. The molecule has 2 N–H and O–H groups in total.